The molecule has 3 N–H and O–H groups in total. The van der Waals surface area contributed by atoms with Gasteiger partial charge in [-0.2, -0.15) is 4.31 Å². The number of alkyl carbamates (subject to hydrolysis) is 1. The fourth-order valence-corrected chi connectivity index (χ4v) is 17.7. The van der Waals surface area contributed by atoms with Gasteiger partial charge in [0.15, 0.2) is 0 Å². The minimum atomic E-state index is -3.74. The van der Waals surface area contributed by atoms with Crippen LogP contribution in [0.5, 0.6) is 0 Å². The Morgan fingerprint density at radius 1 is 0.397 bits per heavy atom. The van der Waals surface area contributed by atoms with Crippen molar-refractivity contribution in [2.45, 2.75) is 205 Å². The number of aromatic nitrogens is 4. The Balaban J connectivity index is 0.000000174. The molecule has 26 heteroatoms. The summed E-state index contributed by atoms with van der Waals surface area (Å²) in [5.74, 6) is 1.52. The number of carbonyl (C=O) groups excluding carboxylic acids is 5. The minimum absolute atomic E-state index is 0.00609. The number of hydrogen-bond acceptors (Lipinski definition) is 19. The van der Waals surface area contributed by atoms with Gasteiger partial charge in [-0.05, 0) is 266 Å². The lowest BCUT2D eigenvalue weighted by molar-refractivity contribution is -0.135. The molecule has 15 aromatic rings. The van der Waals surface area contributed by atoms with Crippen LogP contribution in [0.25, 0.3) is 54.8 Å². The van der Waals surface area contributed by atoms with Gasteiger partial charge < -0.3 is 62.4 Å². The number of hydrogen-bond donors (Lipinski definition) is 3. The molecule has 15 rings (SSSR count). The number of ether oxygens (including phenoxy) is 1. The van der Waals surface area contributed by atoms with E-state index in [0.29, 0.717) is 120 Å². The Bertz CT molecular complexity index is 6510. The SMILES string of the molecule is CC(C)(C)OC(=O)N[C@H](Cc1ccccc1)C(=O)N(Cc1ccncc1)Cc1ccc2occc2c1.CC(C)CN(CCCN(CCc1cccnc1)C(=O)c1ccc2occc2c1)C(=O)CC(C)(C)C.CC(C)CN(CCCN(CCc1cccnc1)S(=O)(=O)c1ccc2occc2c1)C(=O)CC(C)(C)C.CC(C)CNCc1ccc2occc2c1.Cc1cncc(CNCc2ccc3occc3c2)c1. The Morgan fingerprint density at radius 3 is 1.35 bits per heavy atom. The summed E-state index contributed by atoms with van der Waals surface area (Å²) in [6.07, 6.45) is 25.8. The summed E-state index contributed by atoms with van der Waals surface area (Å²) in [7, 11) is -3.74. The highest BCUT2D eigenvalue weighted by atomic mass is 32.2. The van der Waals surface area contributed by atoms with Crippen LogP contribution in [0.3, 0.4) is 0 Å². The van der Waals surface area contributed by atoms with Crippen molar-refractivity contribution in [3.8, 4) is 0 Å². The highest BCUT2D eigenvalue weighted by Crippen LogP contribution is 2.29. The van der Waals surface area contributed by atoms with Gasteiger partial charge in [0, 0.05) is 186 Å². The van der Waals surface area contributed by atoms with Crippen LogP contribution < -0.4 is 16.0 Å². The van der Waals surface area contributed by atoms with Gasteiger partial charge in [-0.3, -0.25) is 39.1 Å². The van der Waals surface area contributed by atoms with Gasteiger partial charge in [0.2, 0.25) is 27.7 Å². The Morgan fingerprint density at radius 2 is 0.851 bits per heavy atom. The smallest absolute Gasteiger partial charge is 0.408 e. The number of nitrogens with zero attached hydrogens (tertiary/aromatic N) is 9. The number of benzene rings is 6. The van der Waals surface area contributed by atoms with Gasteiger partial charge in [0.05, 0.1) is 36.2 Å². The van der Waals surface area contributed by atoms with Crippen LogP contribution in [0.2, 0.25) is 0 Å². The first-order chi connectivity index (χ1) is 67.4. The Labute approximate surface area is 831 Å². The average Bonchev–Trinajstić information content (AvgIpc) is 1.78. The monoisotopic (exact) mass is 1930 g/mol. The standard InChI is InChI=1S/C29H31N3O4.C29H39N3O3.C28H39N3O4S.C16H16N2O.C13H17NO/c1-29(2,3)36-28(34)31-25(18-21-7-5-4-6-8-21)27(33)32(19-22-11-14-30-15-12-22)20-23-9-10-26-24(17-23)13-16-35-26;1-22(2)21-32(27(33)19-29(3,4)5)15-7-14-31(16-11-23-8-6-13-30-20-23)28(34)25-9-10-26-24(18-25)12-17-35-26;1-22(2)21-30(27(32)19-28(3,4)5)14-7-15-31(16-11-23-8-6-13-29-20-23)36(33,34)25-9-10-26-24(18-25)12-17-35-26;1-12-6-14(10-17-8-12)11-18-9-13-2-3-16-15(7-13)4-5-19-16;1-10(2)8-14-9-11-3-4-13-12(7-11)5-6-15-13/h4-17,25H,18-20H2,1-3H3,(H,31,34);6,8-10,12-13,17-18,20,22H,7,11,14-16,19,21H2,1-5H3;6,8-10,12-13,17-18,20,22H,7,11,14-16,19,21H2,1-5H3;2-8,10,18H,9,11H2,1H3;3-7,10,14H,8-9H2,1-2H3/t25-;;;;/m1..../s1. The summed E-state index contributed by atoms with van der Waals surface area (Å²) in [4.78, 5) is 90.5. The van der Waals surface area contributed by atoms with E-state index in [1.54, 1.807) is 112 Å². The summed E-state index contributed by atoms with van der Waals surface area (Å²) in [6.45, 7) is 41.5. The quantitative estimate of drug-likeness (QED) is 0.0322. The third kappa shape index (κ3) is 36.3. The molecule has 0 spiro atoms. The van der Waals surface area contributed by atoms with Gasteiger partial charge in [0.1, 0.15) is 39.6 Å². The normalized spacial score (nSPS) is 11.9. The molecule has 0 saturated heterocycles. The zero-order valence-corrected chi connectivity index (χ0v) is 85.7. The molecule has 25 nitrogen and oxygen atoms in total. The highest BCUT2D eigenvalue weighted by Gasteiger charge is 2.32. The predicted octanol–water partition coefficient (Wildman–Crippen LogP) is 23.3. The summed E-state index contributed by atoms with van der Waals surface area (Å²) >= 11 is 0. The second-order valence-electron chi connectivity index (χ2n) is 40.7. The Hall–Kier alpha value is -13.4. The minimum Gasteiger partial charge on any atom is -0.464 e. The molecule has 6 aromatic carbocycles. The number of furan rings is 5. The van der Waals surface area contributed by atoms with E-state index in [4.69, 9.17) is 26.8 Å². The summed E-state index contributed by atoms with van der Waals surface area (Å²) < 4.78 is 61.3. The van der Waals surface area contributed by atoms with Crippen LogP contribution >= 0.6 is 0 Å². The summed E-state index contributed by atoms with van der Waals surface area (Å²) in [6, 6.07) is 60.9. The number of aryl methyl sites for hydroxylation is 1. The molecule has 5 amide bonds. The number of rotatable bonds is 39. The lowest BCUT2D eigenvalue weighted by Gasteiger charge is -2.29. The summed E-state index contributed by atoms with van der Waals surface area (Å²) in [5.41, 5.74) is 13.8. The number of amides is 5. The van der Waals surface area contributed by atoms with E-state index in [1.165, 1.54) is 31.9 Å². The zero-order chi connectivity index (χ0) is 101. The number of carbonyl (C=O) groups is 5. The van der Waals surface area contributed by atoms with Crippen LogP contribution in [0.4, 0.5) is 4.79 Å². The molecule has 0 aliphatic carbocycles. The molecular weight excluding hydrogens is 1790 g/mol. The van der Waals surface area contributed by atoms with Crippen molar-refractivity contribution in [3.05, 3.63) is 331 Å². The van der Waals surface area contributed by atoms with Gasteiger partial charge in [-0.15, -0.1) is 0 Å². The molecule has 141 heavy (non-hydrogen) atoms. The average molecular weight is 1930 g/mol. The molecule has 1 atom stereocenters. The maximum absolute atomic E-state index is 14.0. The molecule has 746 valence electrons. The first kappa shape index (κ1) is 108. The highest BCUT2D eigenvalue weighted by molar-refractivity contribution is 7.89. The van der Waals surface area contributed by atoms with Gasteiger partial charge >= 0.3 is 6.09 Å². The lowest BCUT2D eigenvalue weighted by Crippen LogP contribution is -2.50. The lowest BCUT2D eigenvalue weighted by atomic mass is 9.91. The van der Waals surface area contributed by atoms with E-state index in [0.717, 1.165) is 117 Å². The maximum Gasteiger partial charge on any atom is 0.408 e. The molecule has 9 heterocycles. The number of sulfonamides is 1. The van der Waals surface area contributed by atoms with E-state index in [2.05, 4.69) is 156 Å². The van der Waals surface area contributed by atoms with Crippen molar-refractivity contribution >= 4 is 94.6 Å². The van der Waals surface area contributed by atoms with Crippen molar-refractivity contribution in [2.24, 2.45) is 28.6 Å². The molecule has 0 radical (unpaired) electrons. The molecule has 0 fully saturated rings. The summed E-state index contributed by atoms with van der Waals surface area (Å²) in [5, 5.41) is 14.6. The molecule has 9 aromatic heterocycles. The van der Waals surface area contributed by atoms with Crippen LogP contribution in [-0.4, -0.2) is 153 Å². The molecular formula is C115H142N12O13S. The van der Waals surface area contributed by atoms with Crippen molar-refractivity contribution in [1.29, 1.82) is 0 Å². The van der Waals surface area contributed by atoms with Crippen molar-refractivity contribution in [2.75, 3.05) is 58.9 Å². The van der Waals surface area contributed by atoms with E-state index >= 15 is 0 Å². The number of nitrogens with one attached hydrogen (secondary N) is 3. The van der Waals surface area contributed by atoms with Crippen molar-refractivity contribution < 1.29 is 59.2 Å². The Kier molecular flexibility index (Phi) is 40.4. The molecule has 0 unspecified atom stereocenters. The first-order valence-corrected chi connectivity index (χ1v) is 50.3. The van der Waals surface area contributed by atoms with Gasteiger partial charge in [-0.1, -0.05) is 150 Å². The fraction of sp³-hybridized carbons (Fsp3) is 0.383. The molecule has 0 aliphatic rings. The predicted molar refractivity (Wildman–Crippen MR) is 560 cm³/mol. The number of pyridine rings is 4. The van der Waals surface area contributed by atoms with Crippen LogP contribution in [-0.2, 0) is 81.1 Å². The topological polar surface area (TPSA) is 298 Å². The van der Waals surface area contributed by atoms with E-state index < -0.39 is 27.8 Å². The molecule has 0 bridgehead atoms. The van der Waals surface area contributed by atoms with Crippen LogP contribution in [0, 0.1) is 35.5 Å². The second-order valence-corrected chi connectivity index (χ2v) is 42.6. The number of fused-ring (bicyclic) bond motifs is 5. The largest absolute Gasteiger partial charge is 0.464 e. The van der Waals surface area contributed by atoms with Gasteiger partial charge in [0.25, 0.3) is 5.91 Å². The van der Waals surface area contributed by atoms with Gasteiger partial charge in [-0.25, -0.2) is 13.2 Å². The third-order valence-corrected chi connectivity index (χ3v) is 24.7. The van der Waals surface area contributed by atoms with E-state index in [1.807, 2.05) is 173 Å². The van der Waals surface area contributed by atoms with Crippen molar-refractivity contribution in [3.63, 3.8) is 0 Å². The van der Waals surface area contributed by atoms with Crippen molar-refractivity contribution in [1.82, 2.24) is 59.8 Å². The van der Waals surface area contributed by atoms with E-state index in [9.17, 15) is 32.4 Å². The molecule has 0 saturated carbocycles. The second kappa shape index (κ2) is 52.7. The van der Waals surface area contributed by atoms with E-state index in [-0.39, 0.29) is 39.4 Å². The van der Waals surface area contributed by atoms with Crippen LogP contribution in [0.15, 0.2) is 302 Å². The molecule has 0 aliphatic heterocycles. The first-order valence-electron chi connectivity index (χ1n) is 48.9. The zero-order valence-electron chi connectivity index (χ0n) is 84.9. The third-order valence-electron chi connectivity index (χ3n) is 22.8. The maximum atomic E-state index is 14.0. The fourth-order valence-electron chi connectivity index (χ4n) is 16.1. The van der Waals surface area contributed by atoms with Crippen LogP contribution in [0.1, 0.15) is 190 Å².